The van der Waals surface area contributed by atoms with Gasteiger partial charge < -0.3 is 20.5 Å². The number of urea groups is 1. The topological polar surface area (TPSA) is 70.6 Å². The van der Waals surface area contributed by atoms with E-state index in [4.69, 9.17) is 16.3 Å². The first-order chi connectivity index (χ1) is 10.8. The zero-order valence-corrected chi connectivity index (χ0v) is 14.0. The van der Waals surface area contributed by atoms with Crippen LogP contribution in [-0.2, 0) is 4.74 Å². The quantitative estimate of drug-likeness (QED) is 0.769. The van der Waals surface area contributed by atoms with E-state index in [2.05, 4.69) is 10.6 Å². The van der Waals surface area contributed by atoms with Gasteiger partial charge in [0.15, 0.2) is 0 Å². The average Bonchev–Trinajstić information content (AvgIpc) is 2.90. The molecule has 1 saturated heterocycles. The predicted molar refractivity (Wildman–Crippen MR) is 85.9 cm³/mol. The second kappa shape index (κ2) is 7.47. The third kappa shape index (κ3) is 4.80. The lowest BCUT2D eigenvalue weighted by Crippen LogP contribution is -2.48. The van der Waals surface area contributed by atoms with E-state index in [1.54, 1.807) is 12.1 Å². The van der Waals surface area contributed by atoms with Gasteiger partial charge in [-0.1, -0.05) is 31.5 Å². The molecule has 0 spiro atoms. The van der Waals surface area contributed by atoms with E-state index < -0.39 is 23.5 Å². The normalized spacial score (nSPS) is 22.2. The summed E-state index contributed by atoms with van der Waals surface area (Å²) in [7, 11) is 0. The van der Waals surface area contributed by atoms with Gasteiger partial charge in [-0.2, -0.15) is 0 Å². The van der Waals surface area contributed by atoms with Crippen LogP contribution >= 0.6 is 11.6 Å². The molecule has 5 nitrogen and oxygen atoms in total. The monoisotopic (exact) mass is 344 g/mol. The lowest BCUT2D eigenvalue weighted by atomic mass is 9.95. The molecule has 1 fully saturated rings. The summed E-state index contributed by atoms with van der Waals surface area (Å²) in [6.07, 6.45) is 0.479. The minimum atomic E-state index is -1.03. The summed E-state index contributed by atoms with van der Waals surface area (Å²) in [4.78, 5) is 12.1. The summed E-state index contributed by atoms with van der Waals surface area (Å²) < 4.78 is 19.2. The van der Waals surface area contributed by atoms with E-state index in [0.717, 1.165) is 0 Å². The lowest BCUT2D eigenvalue weighted by molar-refractivity contribution is 0.0290. The Balaban J connectivity index is 2.00. The number of rotatable bonds is 5. The van der Waals surface area contributed by atoms with Gasteiger partial charge in [0, 0.05) is 23.6 Å². The van der Waals surface area contributed by atoms with Crippen molar-refractivity contribution >= 4 is 17.6 Å². The van der Waals surface area contributed by atoms with Crippen molar-refractivity contribution in [2.24, 2.45) is 5.92 Å². The summed E-state index contributed by atoms with van der Waals surface area (Å²) in [6.45, 7) is 4.54. The van der Waals surface area contributed by atoms with Gasteiger partial charge in [-0.15, -0.1) is 0 Å². The highest BCUT2D eigenvalue weighted by Gasteiger charge is 2.33. The molecule has 2 atom stereocenters. The van der Waals surface area contributed by atoms with Gasteiger partial charge >= 0.3 is 6.03 Å². The Morgan fingerprint density at radius 1 is 1.52 bits per heavy atom. The van der Waals surface area contributed by atoms with Gasteiger partial charge in [0.25, 0.3) is 0 Å². The molecule has 128 valence electrons. The van der Waals surface area contributed by atoms with E-state index in [9.17, 15) is 14.3 Å². The minimum Gasteiger partial charge on any atom is -0.386 e. The van der Waals surface area contributed by atoms with Gasteiger partial charge in [-0.3, -0.25) is 0 Å². The Hall–Kier alpha value is -1.37. The molecule has 0 aliphatic carbocycles. The second-order valence-electron chi connectivity index (χ2n) is 6.24. The number of carbonyl (C=O) groups is 1. The Bertz CT molecular complexity index is 562. The van der Waals surface area contributed by atoms with E-state index in [1.165, 1.54) is 6.07 Å². The molecule has 1 aromatic rings. The van der Waals surface area contributed by atoms with Gasteiger partial charge in [-0.05, 0) is 18.1 Å². The van der Waals surface area contributed by atoms with Crippen molar-refractivity contribution in [2.75, 3.05) is 19.8 Å². The molecule has 0 radical (unpaired) electrons. The van der Waals surface area contributed by atoms with E-state index in [1.807, 2.05) is 13.8 Å². The molecular weight excluding hydrogens is 323 g/mol. The van der Waals surface area contributed by atoms with E-state index >= 15 is 0 Å². The van der Waals surface area contributed by atoms with Crippen LogP contribution in [0.15, 0.2) is 18.2 Å². The molecular formula is C16H22ClFN2O3. The molecule has 0 bridgehead atoms. The van der Waals surface area contributed by atoms with Crippen molar-refractivity contribution in [3.05, 3.63) is 34.6 Å². The maximum absolute atomic E-state index is 14.1. The van der Waals surface area contributed by atoms with Crippen molar-refractivity contribution in [2.45, 2.75) is 31.9 Å². The van der Waals surface area contributed by atoms with Crippen LogP contribution in [0.2, 0.25) is 5.02 Å². The number of hydrogen-bond acceptors (Lipinski definition) is 3. The predicted octanol–water partition coefficient (Wildman–Crippen LogP) is 2.63. The first-order valence-corrected chi connectivity index (χ1v) is 7.98. The van der Waals surface area contributed by atoms with Crippen LogP contribution in [0, 0.1) is 11.7 Å². The maximum atomic E-state index is 14.1. The summed E-state index contributed by atoms with van der Waals surface area (Å²) in [5, 5.41) is 15.8. The summed E-state index contributed by atoms with van der Waals surface area (Å²) in [5.74, 6) is -0.478. The zero-order valence-electron chi connectivity index (χ0n) is 13.2. The number of benzene rings is 1. The number of aliphatic hydroxyl groups is 1. The molecule has 1 heterocycles. The lowest BCUT2D eigenvalue weighted by Gasteiger charge is -2.25. The van der Waals surface area contributed by atoms with Crippen LogP contribution in [-0.4, -0.2) is 36.5 Å². The van der Waals surface area contributed by atoms with Crippen LogP contribution in [0.4, 0.5) is 9.18 Å². The third-order valence-electron chi connectivity index (χ3n) is 3.91. The standard InChI is InChI=1S/C16H22ClFN2O3/c1-10(2)14(12-4-3-11(17)7-13(12)18)20-15(21)19-8-16(22)5-6-23-9-16/h3-4,7,10,14,22H,5-6,8-9H2,1-2H3,(H2,19,20,21)/t14-,16-/m1/s1. The highest BCUT2D eigenvalue weighted by Crippen LogP contribution is 2.26. The molecule has 2 rings (SSSR count). The fourth-order valence-corrected chi connectivity index (χ4v) is 2.69. The summed E-state index contributed by atoms with van der Waals surface area (Å²) in [6, 6.07) is 3.43. The highest BCUT2D eigenvalue weighted by molar-refractivity contribution is 6.30. The Kier molecular flexibility index (Phi) is 5.84. The van der Waals surface area contributed by atoms with Crippen molar-refractivity contribution < 1.29 is 19.0 Å². The largest absolute Gasteiger partial charge is 0.386 e. The number of ether oxygens (including phenoxy) is 1. The van der Waals surface area contributed by atoms with Crippen LogP contribution in [0.25, 0.3) is 0 Å². The van der Waals surface area contributed by atoms with Crippen LogP contribution in [0.5, 0.6) is 0 Å². The number of carbonyl (C=O) groups excluding carboxylic acids is 1. The fourth-order valence-electron chi connectivity index (χ4n) is 2.53. The molecule has 7 heteroatoms. The van der Waals surface area contributed by atoms with Crippen molar-refractivity contribution in [3.8, 4) is 0 Å². The first-order valence-electron chi connectivity index (χ1n) is 7.60. The minimum absolute atomic E-state index is 0.0191. The molecule has 0 unspecified atom stereocenters. The fraction of sp³-hybridized carbons (Fsp3) is 0.562. The van der Waals surface area contributed by atoms with Crippen LogP contribution < -0.4 is 10.6 Å². The van der Waals surface area contributed by atoms with Gasteiger partial charge in [-0.25, -0.2) is 9.18 Å². The molecule has 0 saturated carbocycles. The summed E-state index contributed by atoms with van der Waals surface area (Å²) in [5.41, 5.74) is -0.654. The SMILES string of the molecule is CC(C)[C@@H](NC(=O)NC[C@]1(O)CCOC1)c1ccc(Cl)cc1F. The number of hydrogen-bond donors (Lipinski definition) is 3. The molecule has 3 N–H and O–H groups in total. The third-order valence-corrected chi connectivity index (χ3v) is 4.15. The van der Waals surface area contributed by atoms with Gasteiger partial charge in [0.1, 0.15) is 11.4 Å². The molecule has 1 aromatic carbocycles. The van der Waals surface area contributed by atoms with E-state index in [-0.39, 0.29) is 19.1 Å². The molecule has 1 aliphatic heterocycles. The first kappa shape index (κ1) is 18.0. The smallest absolute Gasteiger partial charge is 0.315 e. The highest BCUT2D eigenvalue weighted by atomic mass is 35.5. The Labute approximate surface area is 140 Å². The Morgan fingerprint density at radius 3 is 2.83 bits per heavy atom. The second-order valence-corrected chi connectivity index (χ2v) is 6.68. The van der Waals surface area contributed by atoms with Crippen LogP contribution in [0.3, 0.4) is 0 Å². The summed E-state index contributed by atoms with van der Waals surface area (Å²) >= 11 is 5.77. The van der Waals surface area contributed by atoms with Crippen molar-refractivity contribution in [1.82, 2.24) is 10.6 Å². The van der Waals surface area contributed by atoms with Crippen molar-refractivity contribution in [3.63, 3.8) is 0 Å². The Morgan fingerprint density at radius 2 is 2.26 bits per heavy atom. The molecule has 23 heavy (non-hydrogen) atoms. The van der Waals surface area contributed by atoms with Crippen LogP contribution in [0.1, 0.15) is 31.9 Å². The number of halogens is 2. The maximum Gasteiger partial charge on any atom is 0.315 e. The number of nitrogens with one attached hydrogen (secondary N) is 2. The van der Waals surface area contributed by atoms with Crippen molar-refractivity contribution in [1.29, 1.82) is 0 Å². The van der Waals surface area contributed by atoms with E-state index in [0.29, 0.717) is 23.6 Å². The molecule has 2 amide bonds. The molecule has 1 aliphatic rings. The zero-order chi connectivity index (χ0) is 17.0. The number of amides is 2. The van der Waals surface area contributed by atoms with Gasteiger partial charge in [0.2, 0.25) is 0 Å². The van der Waals surface area contributed by atoms with Gasteiger partial charge in [0.05, 0.1) is 19.2 Å². The molecule has 0 aromatic heterocycles. The average molecular weight is 345 g/mol.